The van der Waals surface area contributed by atoms with Gasteiger partial charge in [-0.3, -0.25) is 4.79 Å². The molecule has 1 fully saturated rings. The second kappa shape index (κ2) is 7.03. The number of rotatable bonds is 4. The van der Waals surface area contributed by atoms with Crippen LogP contribution in [0.2, 0.25) is 5.02 Å². The Morgan fingerprint density at radius 2 is 1.72 bits per heavy atom. The first kappa shape index (κ1) is 16.4. The lowest BCUT2D eigenvalue weighted by atomic mass is 9.85. The Morgan fingerprint density at radius 3 is 2.40 bits per heavy atom. The molecule has 1 aliphatic heterocycles. The maximum atomic E-state index is 13.1. The molecule has 1 aliphatic rings. The number of hydrogen-bond acceptors (Lipinski definition) is 3. The van der Waals surface area contributed by atoms with Crippen molar-refractivity contribution in [3.05, 3.63) is 87.6 Å². The average molecular weight is 368 g/mol. The zero-order chi connectivity index (χ0) is 17.2. The van der Waals surface area contributed by atoms with E-state index in [2.05, 4.69) is 29.2 Å². The second-order valence-corrected chi connectivity index (χ2v) is 7.73. The fourth-order valence-electron chi connectivity index (χ4n) is 3.57. The van der Waals surface area contributed by atoms with Gasteiger partial charge in [0.1, 0.15) is 0 Å². The molecule has 2 aromatic carbocycles. The van der Waals surface area contributed by atoms with Crippen molar-refractivity contribution < 1.29 is 4.79 Å². The summed E-state index contributed by atoms with van der Waals surface area (Å²) in [6, 6.07) is 22.1. The van der Waals surface area contributed by atoms with E-state index in [4.69, 9.17) is 11.6 Å². The lowest BCUT2D eigenvalue weighted by Gasteiger charge is -2.18. The van der Waals surface area contributed by atoms with Gasteiger partial charge in [0.25, 0.3) is 0 Å². The smallest absolute Gasteiger partial charge is 0.178 e. The second-order valence-electron chi connectivity index (χ2n) is 6.35. The molecular formula is C21H18ClNOS. The largest absolute Gasteiger partial charge is 0.370 e. The molecule has 0 aliphatic carbocycles. The van der Waals surface area contributed by atoms with Crippen molar-refractivity contribution in [2.75, 3.05) is 18.0 Å². The minimum absolute atomic E-state index is 0.0416. The molecular weight excluding hydrogens is 350 g/mol. The van der Waals surface area contributed by atoms with E-state index in [0.717, 1.165) is 23.0 Å². The van der Waals surface area contributed by atoms with Crippen LogP contribution in [0.5, 0.6) is 0 Å². The van der Waals surface area contributed by atoms with Crippen LogP contribution in [0.25, 0.3) is 0 Å². The van der Waals surface area contributed by atoms with Crippen LogP contribution in [0, 0.1) is 5.92 Å². The van der Waals surface area contributed by atoms with Crippen molar-refractivity contribution in [2.45, 2.75) is 5.92 Å². The number of ketones is 1. The standard InChI is InChI=1S/C21H18ClNOS/c22-16-10-8-15(9-11-16)18-13-23(17-5-2-1-3-6-17)14-19(18)21(24)20-7-4-12-25-20/h1-12,18-19H,13-14H2. The van der Waals surface area contributed by atoms with Gasteiger partial charge in [0, 0.05) is 35.6 Å². The Morgan fingerprint density at radius 1 is 0.960 bits per heavy atom. The van der Waals surface area contributed by atoms with Gasteiger partial charge in [0.2, 0.25) is 0 Å². The molecule has 1 saturated heterocycles. The Balaban J connectivity index is 1.67. The SMILES string of the molecule is O=C(c1cccs1)C1CN(c2ccccc2)CC1c1ccc(Cl)cc1. The number of carbonyl (C=O) groups is 1. The monoisotopic (exact) mass is 367 g/mol. The minimum Gasteiger partial charge on any atom is -0.370 e. The summed E-state index contributed by atoms with van der Waals surface area (Å²) in [5.41, 5.74) is 2.35. The summed E-state index contributed by atoms with van der Waals surface area (Å²) in [4.78, 5) is 16.3. The average Bonchev–Trinajstić information content (AvgIpc) is 3.33. The number of benzene rings is 2. The summed E-state index contributed by atoms with van der Waals surface area (Å²) in [6.07, 6.45) is 0. The maximum Gasteiger partial charge on any atom is 0.178 e. The minimum atomic E-state index is -0.0416. The number of hydrogen-bond donors (Lipinski definition) is 0. The molecule has 4 rings (SSSR count). The van der Waals surface area contributed by atoms with Crippen LogP contribution >= 0.6 is 22.9 Å². The highest BCUT2D eigenvalue weighted by atomic mass is 35.5. The van der Waals surface area contributed by atoms with Gasteiger partial charge < -0.3 is 4.90 Å². The summed E-state index contributed by atoms with van der Waals surface area (Å²) in [5.74, 6) is 0.375. The summed E-state index contributed by atoms with van der Waals surface area (Å²) >= 11 is 7.57. The van der Waals surface area contributed by atoms with Crippen LogP contribution in [-0.2, 0) is 0 Å². The van der Waals surface area contributed by atoms with Crippen LogP contribution in [-0.4, -0.2) is 18.9 Å². The molecule has 0 radical (unpaired) electrons. The quantitative estimate of drug-likeness (QED) is 0.567. The van der Waals surface area contributed by atoms with Gasteiger partial charge in [-0.05, 0) is 41.3 Å². The van der Waals surface area contributed by atoms with Crippen molar-refractivity contribution in [1.29, 1.82) is 0 Å². The number of carbonyl (C=O) groups excluding carboxylic acids is 1. The van der Waals surface area contributed by atoms with Crippen LogP contribution in [0.4, 0.5) is 5.69 Å². The summed E-state index contributed by atoms with van der Waals surface area (Å²) in [7, 11) is 0. The van der Waals surface area contributed by atoms with Gasteiger partial charge in [-0.25, -0.2) is 0 Å². The van der Waals surface area contributed by atoms with Gasteiger partial charge in [-0.15, -0.1) is 11.3 Å². The summed E-state index contributed by atoms with van der Waals surface area (Å²) in [6.45, 7) is 1.58. The van der Waals surface area contributed by atoms with Gasteiger partial charge in [0.05, 0.1) is 4.88 Å². The van der Waals surface area contributed by atoms with E-state index in [1.165, 1.54) is 22.6 Å². The molecule has 2 atom stereocenters. The predicted molar refractivity (Wildman–Crippen MR) is 105 cm³/mol. The number of anilines is 1. The highest BCUT2D eigenvalue weighted by Gasteiger charge is 2.39. The zero-order valence-corrected chi connectivity index (χ0v) is 15.2. The van der Waals surface area contributed by atoms with E-state index in [1.54, 1.807) is 0 Å². The fourth-order valence-corrected chi connectivity index (χ4v) is 4.42. The van der Waals surface area contributed by atoms with Crippen molar-refractivity contribution >= 4 is 34.4 Å². The molecule has 126 valence electrons. The van der Waals surface area contributed by atoms with E-state index in [-0.39, 0.29) is 17.6 Å². The molecule has 4 heteroatoms. The molecule has 2 heterocycles. The molecule has 0 amide bonds. The predicted octanol–water partition coefficient (Wildman–Crippen LogP) is 5.50. The maximum absolute atomic E-state index is 13.1. The van der Waals surface area contributed by atoms with E-state index in [1.807, 2.05) is 47.8 Å². The molecule has 0 spiro atoms. The molecule has 2 unspecified atom stereocenters. The number of para-hydroxylation sites is 1. The highest BCUT2D eigenvalue weighted by molar-refractivity contribution is 7.12. The Hall–Kier alpha value is -2.10. The third-order valence-corrected chi connectivity index (χ3v) is 5.98. The third kappa shape index (κ3) is 3.35. The number of Topliss-reactive ketones (excluding diaryl/α,β-unsaturated/α-hetero) is 1. The van der Waals surface area contributed by atoms with Crippen molar-refractivity contribution in [3.8, 4) is 0 Å². The molecule has 3 aromatic rings. The van der Waals surface area contributed by atoms with E-state index < -0.39 is 0 Å². The van der Waals surface area contributed by atoms with Crippen LogP contribution in [0.15, 0.2) is 72.1 Å². The first-order chi connectivity index (χ1) is 12.2. The fraction of sp³-hybridized carbons (Fsp3) is 0.190. The first-order valence-electron chi connectivity index (χ1n) is 8.35. The van der Waals surface area contributed by atoms with Gasteiger partial charge in [-0.1, -0.05) is 48.0 Å². The normalized spacial score (nSPS) is 20.0. The molecule has 2 nitrogen and oxygen atoms in total. The number of thiophene rings is 1. The zero-order valence-electron chi connectivity index (χ0n) is 13.6. The topological polar surface area (TPSA) is 20.3 Å². The third-order valence-electron chi connectivity index (χ3n) is 4.84. The van der Waals surface area contributed by atoms with Gasteiger partial charge in [-0.2, -0.15) is 0 Å². The molecule has 0 saturated carbocycles. The van der Waals surface area contributed by atoms with Crippen molar-refractivity contribution in [2.24, 2.45) is 5.92 Å². The van der Waals surface area contributed by atoms with Gasteiger partial charge >= 0.3 is 0 Å². The van der Waals surface area contributed by atoms with E-state index in [9.17, 15) is 4.79 Å². The van der Waals surface area contributed by atoms with Crippen LogP contribution < -0.4 is 4.90 Å². The Labute approximate surface area is 156 Å². The Kier molecular flexibility index (Phi) is 4.60. The van der Waals surface area contributed by atoms with Gasteiger partial charge in [0.15, 0.2) is 5.78 Å². The van der Waals surface area contributed by atoms with E-state index in [0.29, 0.717) is 0 Å². The molecule has 25 heavy (non-hydrogen) atoms. The van der Waals surface area contributed by atoms with Crippen molar-refractivity contribution in [3.63, 3.8) is 0 Å². The lowest BCUT2D eigenvalue weighted by Crippen LogP contribution is -2.23. The molecule has 0 bridgehead atoms. The number of nitrogens with zero attached hydrogens (tertiary/aromatic N) is 1. The number of halogens is 1. The first-order valence-corrected chi connectivity index (χ1v) is 9.61. The van der Waals surface area contributed by atoms with E-state index >= 15 is 0 Å². The van der Waals surface area contributed by atoms with Crippen LogP contribution in [0.1, 0.15) is 21.2 Å². The van der Waals surface area contributed by atoms with Crippen molar-refractivity contribution in [1.82, 2.24) is 0 Å². The summed E-state index contributed by atoms with van der Waals surface area (Å²) in [5, 5.41) is 2.69. The lowest BCUT2D eigenvalue weighted by molar-refractivity contribution is 0.0925. The summed E-state index contributed by atoms with van der Waals surface area (Å²) < 4.78 is 0. The molecule has 0 N–H and O–H groups in total. The molecule has 1 aromatic heterocycles. The Bertz CT molecular complexity index is 845. The highest BCUT2D eigenvalue weighted by Crippen LogP contribution is 2.38. The van der Waals surface area contributed by atoms with Crippen LogP contribution in [0.3, 0.4) is 0 Å².